The van der Waals surface area contributed by atoms with Crippen molar-refractivity contribution in [2.45, 2.75) is 44.4 Å². The molecule has 3 heterocycles. The molecular weight excluding hydrogens is 470 g/mol. The van der Waals surface area contributed by atoms with Crippen molar-refractivity contribution in [3.8, 4) is 17.2 Å². The lowest BCUT2D eigenvalue weighted by Gasteiger charge is -2.51. The first-order chi connectivity index (χ1) is 15.6. The van der Waals surface area contributed by atoms with E-state index in [0.717, 1.165) is 71.9 Å². The maximum absolute atomic E-state index is 6.75. The van der Waals surface area contributed by atoms with E-state index in [1.807, 2.05) is 18.2 Å². The molecule has 0 bridgehead atoms. The van der Waals surface area contributed by atoms with Crippen LogP contribution in [0.1, 0.15) is 49.8 Å². The maximum Gasteiger partial charge on any atom is 0.200 e. The molecule has 0 radical (unpaired) electrons. The van der Waals surface area contributed by atoms with Crippen LogP contribution in [0, 0.1) is 0 Å². The summed E-state index contributed by atoms with van der Waals surface area (Å²) in [6, 6.07) is 12.4. The van der Waals surface area contributed by atoms with Crippen LogP contribution in [-0.2, 0) is 0 Å². The highest BCUT2D eigenvalue weighted by atomic mass is 79.9. The van der Waals surface area contributed by atoms with Crippen molar-refractivity contribution in [3.05, 3.63) is 52.0 Å². The van der Waals surface area contributed by atoms with Crippen LogP contribution in [0.4, 0.5) is 0 Å². The van der Waals surface area contributed by atoms with Gasteiger partial charge in [0.15, 0.2) is 0 Å². The molecule has 2 aromatic carbocycles. The lowest BCUT2D eigenvalue weighted by molar-refractivity contribution is -0.149. The van der Waals surface area contributed by atoms with Crippen LogP contribution in [0.15, 0.2) is 46.0 Å². The SMILES string of the molecule is CCCN1CCC2(CC1)Oc1ccc(Br)cc1[C@@H]1CC(c3ccc(OC)cc3OC)=NN12. The molecule has 7 heteroatoms. The van der Waals surface area contributed by atoms with Crippen molar-refractivity contribution in [2.24, 2.45) is 5.10 Å². The molecule has 1 atom stereocenters. The van der Waals surface area contributed by atoms with Crippen LogP contribution in [-0.4, -0.2) is 55.2 Å². The van der Waals surface area contributed by atoms with E-state index in [1.54, 1.807) is 14.2 Å². The van der Waals surface area contributed by atoms with Gasteiger partial charge in [-0.3, -0.25) is 0 Å². The molecule has 170 valence electrons. The Balaban J connectivity index is 1.54. The lowest BCUT2D eigenvalue weighted by atomic mass is 9.90. The number of likely N-dealkylation sites (tertiary alicyclic amines) is 1. The zero-order valence-electron chi connectivity index (χ0n) is 18.9. The molecule has 1 fully saturated rings. The first-order valence-corrected chi connectivity index (χ1v) is 12.2. The van der Waals surface area contributed by atoms with Crippen molar-refractivity contribution in [1.82, 2.24) is 9.91 Å². The number of hydrogen-bond acceptors (Lipinski definition) is 6. The van der Waals surface area contributed by atoms with Crippen LogP contribution in [0.5, 0.6) is 17.2 Å². The molecule has 1 spiro atoms. The molecule has 3 aliphatic rings. The van der Waals surface area contributed by atoms with Crippen molar-refractivity contribution in [2.75, 3.05) is 33.9 Å². The fourth-order valence-electron chi connectivity index (χ4n) is 5.23. The van der Waals surface area contributed by atoms with E-state index >= 15 is 0 Å². The number of methoxy groups -OCH3 is 2. The normalized spacial score (nSPS) is 21.6. The van der Waals surface area contributed by atoms with Gasteiger partial charge in [-0.2, -0.15) is 5.10 Å². The van der Waals surface area contributed by atoms with Crippen LogP contribution in [0.25, 0.3) is 0 Å². The second kappa shape index (κ2) is 8.60. The summed E-state index contributed by atoms with van der Waals surface area (Å²) in [5.74, 6) is 2.54. The van der Waals surface area contributed by atoms with Gasteiger partial charge in [-0.15, -0.1) is 0 Å². The number of nitrogens with zero attached hydrogens (tertiary/aromatic N) is 3. The van der Waals surface area contributed by atoms with Crippen molar-refractivity contribution in [3.63, 3.8) is 0 Å². The molecule has 0 amide bonds. The summed E-state index contributed by atoms with van der Waals surface area (Å²) in [5, 5.41) is 7.45. The predicted octanol–water partition coefficient (Wildman–Crippen LogP) is 5.21. The third-order valence-corrected chi connectivity index (χ3v) is 7.35. The molecule has 32 heavy (non-hydrogen) atoms. The van der Waals surface area contributed by atoms with E-state index in [-0.39, 0.29) is 6.04 Å². The predicted molar refractivity (Wildman–Crippen MR) is 129 cm³/mol. The van der Waals surface area contributed by atoms with Crippen molar-refractivity contribution >= 4 is 21.6 Å². The van der Waals surface area contributed by atoms with E-state index in [2.05, 4.69) is 51.0 Å². The summed E-state index contributed by atoms with van der Waals surface area (Å²) in [7, 11) is 3.37. The van der Waals surface area contributed by atoms with E-state index in [9.17, 15) is 0 Å². The molecule has 2 aromatic rings. The Kier molecular flexibility index (Phi) is 5.80. The van der Waals surface area contributed by atoms with E-state index in [1.165, 1.54) is 12.0 Å². The summed E-state index contributed by atoms with van der Waals surface area (Å²) in [6.07, 6.45) is 3.87. The Hall–Kier alpha value is -2.25. The topological polar surface area (TPSA) is 46.5 Å². The van der Waals surface area contributed by atoms with Gasteiger partial charge in [0, 0.05) is 54.0 Å². The summed E-state index contributed by atoms with van der Waals surface area (Å²) in [4.78, 5) is 2.54. The number of benzene rings is 2. The van der Waals surface area contributed by atoms with Gasteiger partial charge in [0.1, 0.15) is 17.2 Å². The second-order valence-electron chi connectivity index (χ2n) is 8.75. The minimum atomic E-state index is -0.406. The molecular formula is C25H30BrN3O3. The average molecular weight is 500 g/mol. The molecule has 0 unspecified atom stereocenters. The summed E-state index contributed by atoms with van der Waals surface area (Å²) < 4.78 is 18.9. The standard InChI is InChI=1S/C25H30BrN3O3/c1-4-11-28-12-9-25(10-13-28)29-22(20-14-17(26)5-8-23(20)32-25)16-21(27-29)19-7-6-18(30-2)15-24(19)31-3/h5-8,14-15,22H,4,9-13,16H2,1-3H3/t22-/m0/s1. The molecule has 6 nitrogen and oxygen atoms in total. The fourth-order valence-corrected chi connectivity index (χ4v) is 5.60. The monoisotopic (exact) mass is 499 g/mol. The Labute approximate surface area is 198 Å². The first kappa shape index (κ1) is 21.6. The number of halogens is 1. The third-order valence-electron chi connectivity index (χ3n) is 6.86. The number of hydrazone groups is 1. The van der Waals surface area contributed by atoms with Crippen LogP contribution < -0.4 is 14.2 Å². The molecule has 1 saturated heterocycles. The fraction of sp³-hybridized carbons (Fsp3) is 0.480. The number of piperidine rings is 1. The summed E-state index contributed by atoms with van der Waals surface area (Å²) >= 11 is 3.65. The average Bonchev–Trinajstić information content (AvgIpc) is 3.27. The minimum Gasteiger partial charge on any atom is -0.497 e. The Morgan fingerprint density at radius 3 is 2.66 bits per heavy atom. The van der Waals surface area contributed by atoms with Crippen LogP contribution in [0.3, 0.4) is 0 Å². The van der Waals surface area contributed by atoms with Gasteiger partial charge in [-0.05, 0) is 43.3 Å². The van der Waals surface area contributed by atoms with Crippen LogP contribution >= 0.6 is 15.9 Å². The third kappa shape index (κ3) is 3.65. The smallest absolute Gasteiger partial charge is 0.200 e. The quantitative estimate of drug-likeness (QED) is 0.564. The summed E-state index contributed by atoms with van der Waals surface area (Å²) in [5.41, 5.74) is 2.82. The Morgan fingerprint density at radius 1 is 1.12 bits per heavy atom. The van der Waals surface area contributed by atoms with Gasteiger partial charge >= 0.3 is 0 Å². The van der Waals surface area contributed by atoms with Gasteiger partial charge in [0.05, 0.1) is 26.0 Å². The zero-order valence-corrected chi connectivity index (χ0v) is 20.5. The van der Waals surface area contributed by atoms with Gasteiger partial charge < -0.3 is 19.1 Å². The number of ether oxygens (including phenoxy) is 3. The van der Waals surface area contributed by atoms with Crippen molar-refractivity contribution < 1.29 is 14.2 Å². The maximum atomic E-state index is 6.75. The zero-order chi connectivity index (χ0) is 22.3. The molecule has 0 aliphatic carbocycles. The lowest BCUT2D eigenvalue weighted by Crippen LogP contribution is -2.59. The van der Waals surface area contributed by atoms with E-state index < -0.39 is 5.72 Å². The van der Waals surface area contributed by atoms with E-state index in [4.69, 9.17) is 19.3 Å². The minimum absolute atomic E-state index is 0.149. The largest absolute Gasteiger partial charge is 0.497 e. The Bertz CT molecular complexity index is 1030. The highest BCUT2D eigenvalue weighted by molar-refractivity contribution is 9.10. The van der Waals surface area contributed by atoms with Crippen LogP contribution in [0.2, 0.25) is 0 Å². The van der Waals surface area contributed by atoms with Gasteiger partial charge in [-0.25, -0.2) is 5.01 Å². The highest BCUT2D eigenvalue weighted by Gasteiger charge is 2.52. The van der Waals surface area contributed by atoms with Crippen molar-refractivity contribution in [1.29, 1.82) is 0 Å². The summed E-state index contributed by atoms with van der Waals surface area (Å²) in [6.45, 7) is 5.44. The molecule has 0 N–H and O–H groups in total. The second-order valence-corrected chi connectivity index (χ2v) is 9.67. The molecule has 0 saturated carbocycles. The molecule has 3 aliphatic heterocycles. The Morgan fingerprint density at radius 2 is 1.94 bits per heavy atom. The highest BCUT2D eigenvalue weighted by Crippen LogP contribution is 2.51. The van der Waals surface area contributed by atoms with Gasteiger partial charge in [0.2, 0.25) is 5.72 Å². The molecule has 5 rings (SSSR count). The first-order valence-electron chi connectivity index (χ1n) is 11.4. The molecule has 0 aromatic heterocycles. The van der Waals surface area contributed by atoms with Gasteiger partial charge in [-0.1, -0.05) is 22.9 Å². The van der Waals surface area contributed by atoms with E-state index in [0.29, 0.717) is 0 Å². The number of fused-ring (bicyclic) bond motifs is 4. The van der Waals surface area contributed by atoms with Gasteiger partial charge in [0.25, 0.3) is 0 Å². The number of rotatable bonds is 5. The number of hydrogen-bond donors (Lipinski definition) is 0.